The number of nitrogens with zero attached hydrogens (tertiary/aromatic N) is 1. The number of rotatable bonds is 8. The Balaban J connectivity index is 1.34. The molecule has 0 saturated heterocycles. The van der Waals surface area contributed by atoms with Crippen LogP contribution in [0, 0.1) is 0 Å². The zero-order valence-corrected chi connectivity index (χ0v) is 17.5. The minimum atomic E-state index is -0.116. The average molecular weight is 428 g/mol. The number of anilines is 1. The van der Waals surface area contributed by atoms with Gasteiger partial charge < -0.3 is 15.0 Å². The molecular formula is C21H21N3O3S2. The number of aromatic nitrogens is 2. The standard InChI is InChI=1S/C21H21N3O3S2/c1-2-9-27-14-6-3-5-13(10-14)22-18(25)12-28-11-17-23-20(26)19-15-7-4-8-16(15)29-21(19)24-17/h2-3,5-6,10H,1,4,7-9,11-12H2,(H,22,25)(H,23,24,26). The van der Waals surface area contributed by atoms with E-state index in [1.165, 1.54) is 22.2 Å². The first-order chi connectivity index (χ1) is 14.1. The van der Waals surface area contributed by atoms with Crippen molar-refractivity contribution in [3.8, 4) is 5.75 Å². The first-order valence-electron chi connectivity index (χ1n) is 9.39. The highest BCUT2D eigenvalue weighted by molar-refractivity contribution is 7.99. The number of hydrogen-bond donors (Lipinski definition) is 2. The fourth-order valence-corrected chi connectivity index (χ4v) is 5.34. The van der Waals surface area contributed by atoms with Crippen molar-refractivity contribution in [2.45, 2.75) is 25.0 Å². The molecule has 2 aromatic heterocycles. The molecular weight excluding hydrogens is 406 g/mol. The summed E-state index contributed by atoms with van der Waals surface area (Å²) in [5.41, 5.74) is 1.79. The number of aryl methyl sites for hydroxylation is 2. The topological polar surface area (TPSA) is 84.1 Å². The number of aromatic amines is 1. The van der Waals surface area contributed by atoms with Gasteiger partial charge in [-0.05, 0) is 37.0 Å². The summed E-state index contributed by atoms with van der Waals surface area (Å²) in [7, 11) is 0. The summed E-state index contributed by atoms with van der Waals surface area (Å²) in [6.07, 6.45) is 4.79. The molecule has 0 fully saturated rings. The molecule has 6 nitrogen and oxygen atoms in total. The third-order valence-corrected chi connectivity index (χ3v) is 6.71. The highest BCUT2D eigenvalue weighted by Crippen LogP contribution is 2.34. The first kappa shape index (κ1) is 19.7. The van der Waals surface area contributed by atoms with Crippen LogP contribution in [0.1, 0.15) is 22.7 Å². The molecule has 1 aliphatic carbocycles. The Morgan fingerprint density at radius 1 is 1.41 bits per heavy atom. The van der Waals surface area contributed by atoms with Crippen LogP contribution in [0.25, 0.3) is 10.2 Å². The van der Waals surface area contributed by atoms with Gasteiger partial charge in [-0.25, -0.2) is 4.98 Å². The molecule has 3 aromatic rings. The highest BCUT2D eigenvalue weighted by atomic mass is 32.2. The van der Waals surface area contributed by atoms with Crippen molar-refractivity contribution >= 4 is 44.9 Å². The van der Waals surface area contributed by atoms with E-state index >= 15 is 0 Å². The predicted octanol–water partition coefficient (Wildman–Crippen LogP) is 3.91. The second-order valence-electron chi connectivity index (χ2n) is 6.72. The summed E-state index contributed by atoms with van der Waals surface area (Å²) in [6.45, 7) is 4.03. The molecule has 0 spiro atoms. The molecule has 2 N–H and O–H groups in total. The normalized spacial score (nSPS) is 12.7. The molecule has 1 amide bonds. The summed E-state index contributed by atoms with van der Waals surface area (Å²) >= 11 is 3.04. The molecule has 4 rings (SSSR count). The Morgan fingerprint density at radius 2 is 2.31 bits per heavy atom. The van der Waals surface area contributed by atoms with Gasteiger partial charge in [0.2, 0.25) is 5.91 Å². The van der Waals surface area contributed by atoms with Crippen LogP contribution in [0.3, 0.4) is 0 Å². The van der Waals surface area contributed by atoms with Crippen molar-refractivity contribution in [2.75, 3.05) is 17.7 Å². The number of amides is 1. The molecule has 2 heterocycles. The Labute approximate surface area is 176 Å². The number of nitrogens with one attached hydrogen (secondary N) is 2. The molecule has 0 radical (unpaired) electrons. The summed E-state index contributed by atoms with van der Waals surface area (Å²) in [5.74, 6) is 1.91. The number of H-pyrrole nitrogens is 1. The highest BCUT2D eigenvalue weighted by Gasteiger charge is 2.21. The quantitative estimate of drug-likeness (QED) is 0.533. The number of ether oxygens (including phenoxy) is 1. The van der Waals surface area contributed by atoms with Gasteiger partial charge in [0.1, 0.15) is 23.0 Å². The maximum Gasteiger partial charge on any atom is 0.259 e. The number of thioether (sulfide) groups is 1. The van der Waals surface area contributed by atoms with Gasteiger partial charge in [-0.2, -0.15) is 0 Å². The smallest absolute Gasteiger partial charge is 0.259 e. The fraction of sp³-hybridized carbons (Fsp3) is 0.286. The number of carbonyl (C=O) groups excluding carboxylic acids is 1. The largest absolute Gasteiger partial charge is 0.489 e. The molecule has 1 aromatic carbocycles. The van der Waals surface area contributed by atoms with Crippen LogP contribution in [0.4, 0.5) is 5.69 Å². The van der Waals surface area contributed by atoms with Crippen molar-refractivity contribution in [1.82, 2.24) is 9.97 Å². The van der Waals surface area contributed by atoms with Gasteiger partial charge in [0.05, 0.1) is 16.9 Å². The molecule has 29 heavy (non-hydrogen) atoms. The van der Waals surface area contributed by atoms with Gasteiger partial charge >= 0.3 is 0 Å². The molecule has 8 heteroatoms. The van der Waals surface area contributed by atoms with E-state index in [2.05, 4.69) is 21.9 Å². The monoisotopic (exact) mass is 427 g/mol. The Kier molecular flexibility index (Phi) is 6.01. The maximum atomic E-state index is 12.5. The van der Waals surface area contributed by atoms with E-state index in [-0.39, 0.29) is 17.2 Å². The second kappa shape index (κ2) is 8.84. The van der Waals surface area contributed by atoms with Crippen molar-refractivity contribution in [3.05, 3.63) is 63.5 Å². The van der Waals surface area contributed by atoms with E-state index in [0.717, 1.165) is 29.5 Å². The lowest BCUT2D eigenvalue weighted by Crippen LogP contribution is -2.15. The van der Waals surface area contributed by atoms with Crippen molar-refractivity contribution in [3.63, 3.8) is 0 Å². The van der Waals surface area contributed by atoms with Gasteiger partial charge in [0.15, 0.2) is 0 Å². The van der Waals surface area contributed by atoms with E-state index in [1.54, 1.807) is 23.5 Å². The summed E-state index contributed by atoms with van der Waals surface area (Å²) in [5, 5.41) is 3.61. The van der Waals surface area contributed by atoms with Gasteiger partial charge in [-0.3, -0.25) is 9.59 Å². The van der Waals surface area contributed by atoms with Gasteiger partial charge in [-0.1, -0.05) is 18.7 Å². The van der Waals surface area contributed by atoms with Crippen LogP contribution in [-0.2, 0) is 23.4 Å². The lowest BCUT2D eigenvalue weighted by Gasteiger charge is -2.08. The van der Waals surface area contributed by atoms with Crippen LogP contribution in [-0.4, -0.2) is 28.2 Å². The number of carbonyl (C=O) groups is 1. The average Bonchev–Trinajstić information content (AvgIpc) is 3.27. The van der Waals surface area contributed by atoms with E-state index in [0.29, 0.717) is 29.6 Å². The van der Waals surface area contributed by atoms with Gasteiger partial charge in [-0.15, -0.1) is 23.1 Å². The molecule has 0 aliphatic heterocycles. The van der Waals surface area contributed by atoms with E-state index in [1.807, 2.05) is 18.2 Å². The SMILES string of the molecule is C=CCOc1cccc(NC(=O)CSCc2nc3sc4c(c3c(=O)[nH]2)CCC4)c1. The second-order valence-corrected chi connectivity index (χ2v) is 8.79. The fourth-order valence-electron chi connectivity index (χ4n) is 3.37. The van der Waals surface area contributed by atoms with Crippen molar-refractivity contribution in [2.24, 2.45) is 0 Å². The van der Waals surface area contributed by atoms with E-state index < -0.39 is 0 Å². The third kappa shape index (κ3) is 4.54. The molecule has 0 bridgehead atoms. The molecule has 150 valence electrons. The zero-order chi connectivity index (χ0) is 20.2. The number of hydrogen-bond acceptors (Lipinski definition) is 6. The van der Waals surface area contributed by atoms with Crippen LogP contribution in [0.5, 0.6) is 5.75 Å². The molecule has 0 saturated carbocycles. The molecule has 1 aliphatic rings. The summed E-state index contributed by atoms with van der Waals surface area (Å²) in [6, 6.07) is 7.23. The number of fused-ring (bicyclic) bond motifs is 3. The van der Waals surface area contributed by atoms with Crippen LogP contribution in [0.2, 0.25) is 0 Å². The zero-order valence-electron chi connectivity index (χ0n) is 15.8. The minimum absolute atomic E-state index is 0.0641. The van der Waals surface area contributed by atoms with Crippen molar-refractivity contribution < 1.29 is 9.53 Å². The van der Waals surface area contributed by atoms with Crippen LogP contribution < -0.4 is 15.6 Å². The van der Waals surface area contributed by atoms with Gasteiger partial charge in [0.25, 0.3) is 5.56 Å². The van der Waals surface area contributed by atoms with E-state index in [4.69, 9.17) is 4.74 Å². The number of thiophene rings is 1. The minimum Gasteiger partial charge on any atom is -0.489 e. The van der Waals surface area contributed by atoms with Crippen molar-refractivity contribution in [1.29, 1.82) is 0 Å². The van der Waals surface area contributed by atoms with Crippen LogP contribution in [0.15, 0.2) is 41.7 Å². The lowest BCUT2D eigenvalue weighted by molar-refractivity contribution is -0.113. The molecule has 0 unspecified atom stereocenters. The maximum absolute atomic E-state index is 12.5. The first-order valence-corrected chi connectivity index (χ1v) is 11.4. The lowest BCUT2D eigenvalue weighted by atomic mass is 10.2. The van der Waals surface area contributed by atoms with E-state index in [9.17, 15) is 9.59 Å². The summed E-state index contributed by atoms with van der Waals surface area (Å²) in [4.78, 5) is 34.3. The summed E-state index contributed by atoms with van der Waals surface area (Å²) < 4.78 is 5.47. The Morgan fingerprint density at radius 3 is 3.17 bits per heavy atom. The Hall–Kier alpha value is -2.58. The van der Waals surface area contributed by atoms with Crippen LogP contribution >= 0.6 is 23.1 Å². The molecule has 0 atom stereocenters. The number of benzene rings is 1. The Bertz CT molecular complexity index is 1120. The predicted molar refractivity (Wildman–Crippen MR) is 119 cm³/mol. The third-order valence-electron chi connectivity index (χ3n) is 4.58. The van der Waals surface area contributed by atoms with Gasteiger partial charge in [0, 0.05) is 16.6 Å².